The van der Waals surface area contributed by atoms with Gasteiger partial charge in [0.15, 0.2) is 6.29 Å². The Kier molecular flexibility index (Phi) is 7.95. The van der Waals surface area contributed by atoms with Crippen LogP contribution in [0.25, 0.3) is 22.1 Å². The molecule has 0 aliphatic carbocycles. The lowest BCUT2D eigenvalue weighted by Crippen LogP contribution is -2.44. The Labute approximate surface area is 191 Å². The normalized spacial score (nSPS) is 15.6. The second-order valence-corrected chi connectivity index (χ2v) is 7.64. The highest BCUT2D eigenvalue weighted by atomic mass is 19.4. The van der Waals surface area contributed by atoms with Crippen molar-refractivity contribution < 1.29 is 42.8 Å². The highest BCUT2D eigenvalue weighted by molar-refractivity contribution is 5.89. The predicted molar refractivity (Wildman–Crippen MR) is 117 cm³/mol. The van der Waals surface area contributed by atoms with Gasteiger partial charge in [-0.15, -0.1) is 0 Å². The molecule has 2 aromatic carbocycles. The zero-order valence-corrected chi connectivity index (χ0v) is 18.0. The molecule has 5 N–H and O–H groups in total. The molecule has 0 aliphatic heterocycles. The van der Waals surface area contributed by atoms with Crippen molar-refractivity contribution in [3.05, 3.63) is 64.5 Å². The number of hydrogen-bond acceptors (Lipinski definition) is 8. The van der Waals surface area contributed by atoms with E-state index in [1.54, 1.807) is 6.07 Å². The van der Waals surface area contributed by atoms with E-state index >= 15 is 0 Å². The average molecular weight is 483 g/mol. The number of alkyl halides is 3. The van der Waals surface area contributed by atoms with Gasteiger partial charge in [-0.2, -0.15) is 13.2 Å². The minimum Gasteiger partial charge on any atom is -0.422 e. The number of halogens is 3. The number of hydrogen-bond donors (Lipinski definition) is 5. The van der Waals surface area contributed by atoms with Crippen molar-refractivity contribution in [2.24, 2.45) is 0 Å². The van der Waals surface area contributed by atoms with E-state index in [2.05, 4.69) is 5.32 Å². The topological polar surface area (TPSA) is 132 Å². The molecular weight excluding hydrogens is 459 g/mol. The number of benzene rings is 2. The molecule has 2 unspecified atom stereocenters. The number of aliphatic hydroxyl groups is 4. The van der Waals surface area contributed by atoms with Crippen LogP contribution in [0, 0.1) is 0 Å². The van der Waals surface area contributed by atoms with Gasteiger partial charge in [0.2, 0.25) is 0 Å². The maximum Gasteiger partial charge on any atom is 0.417 e. The summed E-state index contributed by atoms with van der Waals surface area (Å²) in [5, 5.41) is 40.9. The molecule has 0 amide bonds. The quantitative estimate of drug-likeness (QED) is 0.231. The van der Waals surface area contributed by atoms with Crippen LogP contribution in [0.5, 0.6) is 0 Å². The van der Waals surface area contributed by atoms with Gasteiger partial charge in [-0.3, -0.25) is 0 Å². The molecule has 1 aromatic heterocycles. The Hall–Kier alpha value is -2.96. The monoisotopic (exact) mass is 483 g/mol. The van der Waals surface area contributed by atoms with Crippen LogP contribution in [0.4, 0.5) is 18.9 Å². The summed E-state index contributed by atoms with van der Waals surface area (Å²) in [4.78, 5) is 12.6. The molecule has 0 aliphatic rings. The minimum absolute atomic E-state index is 0.0600. The molecule has 3 aromatic rings. The van der Waals surface area contributed by atoms with Gasteiger partial charge >= 0.3 is 11.8 Å². The number of anilines is 1. The molecule has 4 atom stereocenters. The highest BCUT2D eigenvalue weighted by Crippen LogP contribution is 2.40. The Balaban J connectivity index is 2.01. The van der Waals surface area contributed by atoms with E-state index in [4.69, 9.17) is 9.15 Å². The van der Waals surface area contributed by atoms with E-state index in [-0.39, 0.29) is 22.2 Å². The molecule has 8 nitrogen and oxygen atoms in total. The summed E-state index contributed by atoms with van der Waals surface area (Å²) in [6, 6.07) is 9.71. The van der Waals surface area contributed by atoms with E-state index in [0.29, 0.717) is 0 Å². The van der Waals surface area contributed by atoms with E-state index in [9.17, 15) is 38.4 Å². The molecule has 34 heavy (non-hydrogen) atoms. The van der Waals surface area contributed by atoms with Crippen molar-refractivity contribution >= 4 is 16.7 Å². The highest BCUT2D eigenvalue weighted by Gasteiger charge is 2.38. The smallest absolute Gasteiger partial charge is 0.417 e. The number of ether oxygens (including phenoxy) is 1. The van der Waals surface area contributed by atoms with Crippen LogP contribution < -0.4 is 10.9 Å². The van der Waals surface area contributed by atoms with E-state index < -0.39 is 60.7 Å². The third-order valence-corrected chi connectivity index (χ3v) is 5.18. The first-order valence-corrected chi connectivity index (χ1v) is 10.3. The van der Waals surface area contributed by atoms with E-state index in [0.717, 1.165) is 12.1 Å². The predicted octanol–water partition coefficient (Wildman–Crippen LogP) is 2.33. The molecule has 0 spiro atoms. The number of nitrogens with one attached hydrogen (secondary N) is 1. The van der Waals surface area contributed by atoms with Crippen LogP contribution in [0.15, 0.2) is 57.7 Å². The fraction of sp³-hybridized carbons (Fsp3) is 0.348. The fourth-order valence-electron chi connectivity index (χ4n) is 3.46. The van der Waals surface area contributed by atoms with Crippen LogP contribution in [-0.4, -0.2) is 58.2 Å². The summed E-state index contributed by atoms with van der Waals surface area (Å²) >= 11 is 0. The zero-order valence-electron chi connectivity index (χ0n) is 18.0. The first kappa shape index (κ1) is 25.7. The van der Waals surface area contributed by atoms with Gasteiger partial charge in [-0.25, -0.2) is 4.79 Å². The minimum atomic E-state index is -4.85. The third kappa shape index (κ3) is 5.57. The molecule has 0 saturated heterocycles. The van der Waals surface area contributed by atoms with Gasteiger partial charge in [0.05, 0.1) is 30.4 Å². The molecule has 0 saturated carbocycles. The largest absolute Gasteiger partial charge is 0.422 e. The van der Waals surface area contributed by atoms with Crippen LogP contribution in [0.3, 0.4) is 0 Å². The summed E-state index contributed by atoms with van der Waals surface area (Å²) in [6.45, 7) is 0.0715. The summed E-state index contributed by atoms with van der Waals surface area (Å²) in [5.74, 6) is 0. The second kappa shape index (κ2) is 10.5. The summed E-state index contributed by atoms with van der Waals surface area (Å²) in [6.07, 6.45) is -8.79. The van der Waals surface area contributed by atoms with Gasteiger partial charge < -0.3 is 34.9 Å². The Bertz CT molecular complexity index is 1160. The first-order valence-electron chi connectivity index (χ1n) is 10.3. The lowest BCUT2D eigenvalue weighted by molar-refractivity contribution is -0.182. The third-order valence-electron chi connectivity index (χ3n) is 5.18. The van der Waals surface area contributed by atoms with Crippen molar-refractivity contribution in [3.63, 3.8) is 0 Å². The standard InChI is InChI=1S/C23H24F3NO7/c1-12(30)18(11-29)34-21(31)16(10-28)27-14-7-8-15-17(9-14)33-22(32)19(20(15)23(24,25)26)13-5-3-2-4-6-13/h2-9,12,16,18,21,27-31H,10-11H2,1H3/t12-,16-,18?,21?/m0/s1. The molecule has 0 bridgehead atoms. The van der Waals surface area contributed by atoms with Gasteiger partial charge in [-0.05, 0) is 24.6 Å². The lowest BCUT2D eigenvalue weighted by Gasteiger charge is -2.28. The van der Waals surface area contributed by atoms with Crippen LogP contribution >= 0.6 is 0 Å². The Morgan fingerprint density at radius 2 is 1.74 bits per heavy atom. The van der Waals surface area contributed by atoms with Gasteiger partial charge in [0.25, 0.3) is 0 Å². The van der Waals surface area contributed by atoms with Crippen molar-refractivity contribution in [1.82, 2.24) is 0 Å². The fourth-order valence-corrected chi connectivity index (χ4v) is 3.46. The van der Waals surface area contributed by atoms with E-state index in [1.807, 2.05) is 0 Å². The van der Waals surface area contributed by atoms with Crippen LogP contribution in [0.1, 0.15) is 12.5 Å². The van der Waals surface area contributed by atoms with Crippen molar-refractivity contribution in [1.29, 1.82) is 0 Å². The van der Waals surface area contributed by atoms with Crippen LogP contribution in [-0.2, 0) is 10.9 Å². The lowest BCUT2D eigenvalue weighted by atomic mass is 9.98. The summed E-state index contributed by atoms with van der Waals surface area (Å²) in [5.41, 5.74) is -3.09. The molecule has 0 fully saturated rings. The molecule has 11 heteroatoms. The van der Waals surface area contributed by atoms with Gasteiger partial charge in [0, 0.05) is 17.1 Å². The van der Waals surface area contributed by atoms with Crippen molar-refractivity contribution in [3.8, 4) is 11.1 Å². The number of aliphatic hydroxyl groups excluding tert-OH is 4. The Morgan fingerprint density at radius 1 is 1.06 bits per heavy atom. The maximum absolute atomic E-state index is 14.0. The van der Waals surface area contributed by atoms with Gasteiger partial charge in [0.1, 0.15) is 17.7 Å². The maximum atomic E-state index is 14.0. The van der Waals surface area contributed by atoms with E-state index in [1.165, 1.54) is 37.3 Å². The van der Waals surface area contributed by atoms with Gasteiger partial charge in [-0.1, -0.05) is 30.3 Å². The summed E-state index contributed by atoms with van der Waals surface area (Å²) in [7, 11) is 0. The average Bonchev–Trinajstić information content (AvgIpc) is 2.79. The summed E-state index contributed by atoms with van der Waals surface area (Å²) < 4.78 is 52.4. The Morgan fingerprint density at radius 3 is 2.29 bits per heavy atom. The number of fused-ring (bicyclic) bond motifs is 1. The molecule has 3 rings (SSSR count). The SMILES string of the molecule is C[C@H](O)C(CO)OC(O)[C@H](CO)Nc1ccc2c(C(F)(F)F)c(-c3ccccc3)c(=O)oc2c1. The van der Waals surface area contributed by atoms with Crippen molar-refractivity contribution in [2.45, 2.75) is 37.6 Å². The molecule has 184 valence electrons. The first-order chi connectivity index (χ1) is 16.1. The zero-order chi connectivity index (χ0) is 25.0. The second-order valence-electron chi connectivity index (χ2n) is 7.64. The molecule has 1 heterocycles. The molecular formula is C23H24F3NO7. The van der Waals surface area contributed by atoms with Crippen LogP contribution in [0.2, 0.25) is 0 Å². The molecule has 0 radical (unpaired) electrons. The van der Waals surface area contributed by atoms with Crippen molar-refractivity contribution in [2.75, 3.05) is 18.5 Å². The number of rotatable bonds is 9.